The lowest BCUT2D eigenvalue weighted by atomic mass is 10.0. The first kappa shape index (κ1) is 24.4. The second-order valence-corrected chi connectivity index (χ2v) is 9.95. The number of primary amides is 1. The fraction of sp³-hybridized carbons (Fsp3) is 0.217. The quantitative estimate of drug-likeness (QED) is 0.278. The Kier molecular flexibility index (Phi) is 6.54. The number of carbonyl (C=O) groups is 2. The van der Waals surface area contributed by atoms with Gasteiger partial charge in [0.05, 0.1) is 10.7 Å². The number of hydrogen-bond acceptors (Lipinski definition) is 6. The maximum atomic E-state index is 13.4. The molecule has 0 atom stereocenters. The lowest BCUT2D eigenvalue weighted by Gasteiger charge is -2.10. The molecule has 1 saturated carbocycles. The van der Waals surface area contributed by atoms with E-state index in [2.05, 4.69) is 15.4 Å². The summed E-state index contributed by atoms with van der Waals surface area (Å²) in [6.45, 7) is -0.0330. The van der Waals surface area contributed by atoms with Crippen LogP contribution in [0.5, 0.6) is 5.75 Å². The van der Waals surface area contributed by atoms with Gasteiger partial charge >= 0.3 is 0 Å². The minimum atomic E-state index is -2.77. The van der Waals surface area contributed by atoms with E-state index in [9.17, 15) is 18.4 Å². The molecule has 1 aliphatic carbocycles. The second kappa shape index (κ2) is 9.64. The highest BCUT2D eigenvalue weighted by Crippen LogP contribution is 2.48. The fourth-order valence-electron chi connectivity index (χ4n) is 3.73. The molecule has 0 bridgehead atoms. The minimum Gasteiger partial charge on any atom is -0.470 e. The monoisotopic (exact) mass is 551 g/mol. The summed E-state index contributed by atoms with van der Waals surface area (Å²) in [5.41, 5.74) is 5.98. The number of benzene rings is 1. The summed E-state index contributed by atoms with van der Waals surface area (Å²) in [5.74, 6) is -0.968. The number of aromatic nitrogens is 3. The average molecular weight is 552 g/mol. The Bertz CT molecular complexity index is 1500. The van der Waals surface area contributed by atoms with Crippen molar-refractivity contribution >= 4 is 62.3 Å². The van der Waals surface area contributed by atoms with Crippen molar-refractivity contribution in [3.8, 4) is 5.75 Å². The number of nitrogens with two attached hydrogens (primary N) is 1. The summed E-state index contributed by atoms with van der Waals surface area (Å²) in [6.07, 6.45) is 0.404. The number of pyridine rings is 1. The van der Waals surface area contributed by atoms with Crippen LogP contribution in [0.25, 0.3) is 10.2 Å². The van der Waals surface area contributed by atoms with Crippen LogP contribution in [-0.2, 0) is 6.73 Å². The predicted octanol–water partition coefficient (Wildman–Crippen LogP) is 6.00. The molecule has 0 spiro atoms. The largest absolute Gasteiger partial charge is 0.470 e. The molecule has 36 heavy (non-hydrogen) atoms. The Morgan fingerprint density at radius 2 is 2.03 bits per heavy atom. The van der Waals surface area contributed by atoms with Crippen LogP contribution in [-0.4, -0.2) is 26.6 Å². The summed E-state index contributed by atoms with van der Waals surface area (Å²) in [4.78, 5) is 29.4. The molecule has 5 rings (SSSR count). The molecule has 3 heterocycles. The molecule has 0 saturated heterocycles. The molecule has 1 aromatic carbocycles. The SMILES string of the molecule is NC(=O)c1sc2nc(C(F)F)cc(C3CC3)c2c1NC(=O)c1ccn(COc2ccc(Cl)cc2Cl)n1. The van der Waals surface area contributed by atoms with E-state index in [1.54, 1.807) is 12.1 Å². The van der Waals surface area contributed by atoms with Gasteiger partial charge in [0.15, 0.2) is 12.4 Å². The number of ether oxygens (including phenoxy) is 1. The van der Waals surface area contributed by atoms with Crippen molar-refractivity contribution in [3.63, 3.8) is 0 Å². The van der Waals surface area contributed by atoms with Crippen molar-refractivity contribution in [2.24, 2.45) is 5.73 Å². The molecular weight excluding hydrogens is 535 g/mol. The molecule has 13 heteroatoms. The molecule has 0 radical (unpaired) electrons. The number of alkyl halides is 2. The van der Waals surface area contributed by atoms with E-state index in [1.807, 2.05) is 0 Å². The number of rotatable bonds is 8. The number of anilines is 1. The number of amides is 2. The van der Waals surface area contributed by atoms with Crippen LogP contribution in [0, 0.1) is 0 Å². The summed E-state index contributed by atoms with van der Waals surface area (Å²) in [6, 6.07) is 7.58. The van der Waals surface area contributed by atoms with E-state index < -0.39 is 18.2 Å². The molecule has 186 valence electrons. The second-order valence-electron chi connectivity index (χ2n) is 8.10. The summed E-state index contributed by atoms with van der Waals surface area (Å²) < 4.78 is 33.8. The zero-order chi connectivity index (χ0) is 25.6. The first-order valence-electron chi connectivity index (χ1n) is 10.7. The normalized spacial score (nSPS) is 13.4. The van der Waals surface area contributed by atoms with Gasteiger partial charge in [0, 0.05) is 16.6 Å². The molecule has 8 nitrogen and oxygen atoms in total. The van der Waals surface area contributed by atoms with E-state index >= 15 is 0 Å². The van der Waals surface area contributed by atoms with Gasteiger partial charge in [0.1, 0.15) is 21.2 Å². The molecule has 3 aromatic heterocycles. The lowest BCUT2D eigenvalue weighted by molar-refractivity contribution is 0.100. The molecule has 1 fully saturated rings. The smallest absolute Gasteiger partial charge is 0.280 e. The van der Waals surface area contributed by atoms with Crippen LogP contribution < -0.4 is 15.8 Å². The van der Waals surface area contributed by atoms with Gasteiger partial charge in [0.25, 0.3) is 18.2 Å². The number of nitrogens with one attached hydrogen (secondary N) is 1. The van der Waals surface area contributed by atoms with Crippen LogP contribution in [0.1, 0.15) is 56.6 Å². The summed E-state index contributed by atoms with van der Waals surface area (Å²) in [5, 5.41) is 8.14. The number of fused-ring (bicyclic) bond motifs is 1. The first-order chi connectivity index (χ1) is 17.2. The van der Waals surface area contributed by atoms with Crippen molar-refractivity contribution in [1.82, 2.24) is 14.8 Å². The van der Waals surface area contributed by atoms with E-state index in [-0.39, 0.29) is 39.4 Å². The van der Waals surface area contributed by atoms with E-state index in [0.717, 1.165) is 24.2 Å². The van der Waals surface area contributed by atoms with Gasteiger partial charge < -0.3 is 15.8 Å². The van der Waals surface area contributed by atoms with Crippen LogP contribution in [0.3, 0.4) is 0 Å². The molecule has 0 unspecified atom stereocenters. The van der Waals surface area contributed by atoms with Crippen LogP contribution in [0.2, 0.25) is 10.0 Å². The molecule has 0 aliphatic heterocycles. The number of hydrogen-bond donors (Lipinski definition) is 2. The number of carbonyl (C=O) groups excluding carboxylic acids is 2. The van der Waals surface area contributed by atoms with Crippen LogP contribution in [0.15, 0.2) is 36.5 Å². The maximum absolute atomic E-state index is 13.4. The number of nitrogens with zero attached hydrogens (tertiary/aromatic N) is 3. The van der Waals surface area contributed by atoms with Crippen molar-refractivity contribution in [1.29, 1.82) is 0 Å². The maximum Gasteiger partial charge on any atom is 0.280 e. The highest BCUT2D eigenvalue weighted by Gasteiger charge is 2.32. The molecule has 1 aliphatic rings. The van der Waals surface area contributed by atoms with Gasteiger partial charge in [-0.3, -0.25) is 9.59 Å². The number of halogens is 4. The predicted molar refractivity (Wildman–Crippen MR) is 132 cm³/mol. The summed E-state index contributed by atoms with van der Waals surface area (Å²) >= 11 is 12.9. The Hall–Kier alpha value is -3.28. The average Bonchev–Trinajstić information content (AvgIpc) is 3.45. The fourth-order valence-corrected chi connectivity index (χ4v) is 5.21. The van der Waals surface area contributed by atoms with Gasteiger partial charge in [-0.1, -0.05) is 23.2 Å². The Morgan fingerprint density at radius 1 is 1.25 bits per heavy atom. The summed E-state index contributed by atoms with van der Waals surface area (Å²) in [7, 11) is 0. The van der Waals surface area contributed by atoms with Crippen molar-refractivity contribution in [2.75, 3.05) is 5.32 Å². The van der Waals surface area contributed by atoms with Gasteiger partial charge in [0.2, 0.25) is 0 Å². The van der Waals surface area contributed by atoms with E-state index in [1.165, 1.54) is 29.1 Å². The Morgan fingerprint density at radius 3 is 2.69 bits per heavy atom. The minimum absolute atomic E-state index is 0.0271. The highest BCUT2D eigenvalue weighted by atomic mass is 35.5. The van der Waals surface area contributed by atoms with Crippen molar-refractivity contribution in [3.05, 3.63) is 68.4 Å². The molecule has 3 N–H and O–H groups in total. The van der Waals surface area contributed by atoms with Gasteiger partial charge in [-0.05, 0) is 54.7 Å². The first-order valence-corrected chi connectivity index (χ1v) is 12.3. The molecule has 2 amide bonds. The molecular formula is C23H17Cl2F2N5O3S. The van der Waals surface area contributed by atoms with Crippen LogP contribution >= 0.6 is 34.5 Å². The van der Waals surface area contributed by atoms with E-state index in [4.69, 9.17) is 33.7 Å². The number of thiophene rings is 1. The van der Waals surface area contributed by atoms with Crippen LogP contribution in [0.4, 0.5) is 14.5 Å². The highest BCUT2D eigenvalue weighted by molar-refractivity contribution is 7.21. The topological polar surface area (TPSA) is 112 Å². The van der Waals surface area contributed by atoms with Gasteiger partial charge in [-0.25, -0.2) is 18.4 Å². The van der Waals surface area contributed by atoms with Crippen molar-refractivity contribution < 1.29 is 23.1 Å². The lowest BCUT2D eigenvalue weighted by Crippen LogP contribution is -2.18. The van der Waals surface area contributed by atoms with E-state index in [0.29, 0.717) is 26.7 Å². The van der Waals surface area contributed by atoms with Gasteiger partial charge in [-0.2, -0.15) is 5.10 Å². The standard InChI is InChI=1S/C23H17Cl2F2N5O3S/c24-11-3-4-16(13(25)7-11)35-9-32-6-5-14(31-32)22(34)30-18-17-12(10-1-2-10)8-15(20(26)27)29-23(17)36-19(18)21(28)33/h3-8,10,20H,1-2,9H2,(H2,28,33)(H,30,34). The zero-order valence-electron chi connectivity index (χ0n) is 18.3. The third kappa shape index (κ3) is 4.86. The Labute approximate surface area is 217 Å². The third-order valence-electron chi connectivity index (χ3n) is 5.53. The van der Waals surface area contributed by atoms with Crippen molar-refractivity contribution in [2.45, 2.75) is 31.9 Å². The Balaban J connectivity index is 1.41. The third-order valence-corrected chi connectivity index (χ3v) is 7.16. The molecule has 4 aromatic rings. The zero-order valence-corrected chi connectivity index (χ0v) is 20.6. The van der Waals surface area contributed by atoms with Gasteiger partial charge in [-0.15, -0.1) is 11.3 Å².